The molecular weight excluding hydrogens is 296 g/mol. The lowest BCUT2D eigenvalue weighted by molar-refractivity contribution is 0.414. The van der Waals surface area contributed by atoms with Crippen molar-refractivity contribution in [3.8, 4) is 5.75 Å². The fourth-order valence-electron chi connectivity index (χ4n) is 1.65. The highest BCUT2D eigenvalue weighted by molar-refractivity contribution is 9.10. The predicted molar refractivity (Wildman–Crippen MR) is 73.0 cm³/mol. The molecule has 1 aromatic carbocycles. The quantitative estimate of drug-likeness (QED) is 0.874. The van der Waals surface area contributed by atoms with Crippen molar-refractivity contribution in [1.82, 2.24) is 9.55 Å². The van der Waals surface area contributed by atoms with E-state index in [1.807, 2.05) is 31.2 Å². The number of nitrogens with zero attached hydrogens (tertiary/aromatic N) is 2. The molecule has 0 atom stereocenters. The van der Waals surface area contributed by atoms with E-state index in [1.165, 1.54) is 6.20 Å². The summed E-state index contributed by atoms with van der Waals surface area (Å²) in [6.07, 6.45) is 1.53. The molecule has 0 unspecified atom stereocenters. The summed E-state index contributed by atoms with van der Waals surface area (Å²) >= 11 is 3.20. The van der Waals surface area contributed by atoms with Gasteiger partial charge in [-0.3, -0.25) is 9.36 Å². The summed E-state index contributed by atoms with van der Waals surface area (Å²) in [6.45, 7) is 2.32. The van der Waals surface area contributed by atoms with Gasteiger partial charge in [0, 0.05) is 6.20 Å². The monoisotopic (exact) mass is 308 g/mol. The van der Waals surface area contributed by atoms with Crippen LogP contribution in [0.4, 0.5) is 0 Å². The number of hydrogen-bond donors (Lipinski definition) is 0. The van der Waals surface area contributed by atoms with Gasteiger partial charge in [-0.15, -0.1) is 0 Å². The maximum atomic E-state index is 12.0. The summed E-state index contributed by atoms with van der Waals surface area (Å²) in [5.74, 6) is 1.49. The minimum Gasteiger partial charge on any atom is -0.497 e. The average Bonchev–Trinajstić information content (AvgIpc) is 2.40. The largest absolute Gasteiger partial charge is 0.497 e. The Labute approximate surface area is 113 Å². The molecule has 2 rings (SSSR count). The fourth-order valence-corrected chi connectivity index (χ4v) is 1.97. The number of hydrogen-bond acceptors (Lipinski definition) is 3. The molecule has 1 aromatic heterocycles. The lowest BCUT2D eigenvalue weighted by Crippen LogP contribution is -2.24. The van der Waals surface area contributed by atoms with Crippen molar-refractivity contribution in [2.75, 3.05) is 7.11 Å². The van der Waals surface area contributed by atoms with Gasteiger partial charge in [0.1, 0.15) is 16.0 Å². The van der Waals surface area contributed by atoms with Crippen LogP contribution < -0.4 is 10.3 Å². The van der Waals surface area contributed by atoms with Crippen LogP contribution in [-0.2, 0) is 6.54 Å². The van der Waals surface area contributed by atoms with Crippen LogP contribution in [0.25, 0.3) is 0 Å². The Balaban J connectivity index is 2.33. The number of methoxy groups -OCH3 is 1. The molecule has 0 radical (unpaired) electrons. The summed E-state index contributed by atoms with van der Waals surface area (Å²) in [5, 5.41) is 0. The van der Waals surface area contributed by atoms with E-state index >= 15 is 0 Å². The zero-order valence-corrected chi connectivity index (χ0v) is 11.8. The van der Waals surface area contributed by atoms with E-state index in [1.54, 1.807) is 11.7 Å². The Morgan fingerprint density at radius 3 is 2.61 bits per heavy atom. The van der Waals surface area contributed by atoms with Gasteiger partial charge in [-0.1, -0.05) is 12.1 Å². The molecule has 1 heterocycles. The molecule has 5 heteroatoms. The van der Waals surface area contributed by atoms with Gasteiger partial charge in [0.2, 0.25) is 0 Å². The fraction of sp³-hybridized carbons (Fsp3) is 0.231. The molecule has 0 fully saturated rings. The van der Waals surface area contributed by atoms with E-state index in [-0.39, 0.29) is 5.56 Å². The van der Waals surface area contributed by atoms with Crippen molar-refractivity contribution in [1.29, 1.82) is 0 Å². The smallest absolute Gasteiger partial charge is 0.268 e. The predicted octanol–water partition coefficient (Wildman–Crippen LogP) is 2.37. The maximum Gasteiger partial charge on any atom is 0.268 e. The van der Waals surface area contributed by atoms with Gasteiger partial charge in [-0.25, -0.2) is 4.98 Å². The minimum absolute atomic E-state index is 0.0710. The molecule has 94 valence electrons. The second-order valence-corrected chi connectivity index (χ2v) is 4.75. The molecule has 2 aromatic rings. The van der Waals surface area contributed by atoms with Crippen LogP contribution in [0.5, 0.6) is 5.75 Å². The number of aromatic nitrogens is 2. The topological polar surface area (TPSA) is 44.1 Å². The summed E-state index contributed by atoms with van der Waals surface area (Å²) in [4.78, 5) is 16.1. The molecule has 0 aliphatic rings. The summed E-state index contributed by atoms with van der Waals surface area (Å²) in [5.41, 5.74) is 0.958. The highest BCUT2D eigenvalue weighted by atomic mass is 79.9. The summed E-state index contributed by atoms with van der Waals surface area (Å²) in [7, 11) is 1.63. The number of aryl methyl sites for hydroxylation is 1. The number of rotatable bonds is 3. The molecule has 0 bridgehead atoms. The summed E-state index contributed by atoms with van der Waals surface area (Å²) < 4.78 is 7.20. The highest BCUT2D eigenvalue weighted by Crippen LogP contribution is 2.12. The highest BCUT2D eigenvalue weighted by Gasteiger charge is 2.06. The first kappa shape index (κ1) is 12.8. The van der Waals surface area contributed by atoms with Crippen LogP contribution in [0.3, 0.4) is 0 Å². The molecule has 0 saturated heterocycles. The van der Waals surface area contributed by atoms with Gasteiger partial charge in [0.15, 0.2) is 0 Å². The zero-order chi connectivity index (χ0) is 13.1. The maximum absolute atomic E-state index is 12.0. The number of halogens is 1. The van der Waals surface area contributed by atoms with Crippen LogP contribution in [0.15, 0.2) is 39.7 Å². The van der Waals surface area contributed by atoms with E-state index in [0.29, 0.717) is 16.8 Å². The van der Waals surface area contributed by atoms with Gasteiger partial charge in [0.05, 0.1) is 13.7 Å². The normalized spacial score (nSPS) is 10.4. The van der Waals surface area contributed by atoms with E-state index < -0.39 is 0 Å². The molecule has 18 heavy (non-hydrogen) atoms. The Morgan fingerprint density at radius 2 is 2.00 bits per heavy atom. The zero-order valence-electron chi connectivity index (χ0n) is 10.2. The first-order valence-corrected chi connectivity index (χ1v) is 6.26. The van der Waals surface area contributed by atoms with Gasteiger partial charge >= 0.3 is 0 Å². The van der Waals surface area contributed by atoms with Crippen molar-refractivity contribution < 1.29 is 4.74 Å². The molecule has 0 N–H and O–H groups in total. The molecule has 0 aliphatic heterocycles. The molecule has 0 spiro atoms. The summed E-state index contributed by atoms with van der Waals surface area (Å²) in [6, 6.07) is 7.62. The van der Waals surface area contributed by atoms with E-state index in [2.05, 4.69) is 20.9 Å². The van der Waals surface area contributed by atoms with E-state index in [4.69, 9.17) is 4.74 Å². The second kappa shape index (κ2) is 5.35. The van der Waals surface area contributed by atoms with E-state index in [0.717, 1.165) is 11.3 Å². The lowest BCUT2D eigenvalue weighted by atomic mass is 10.2. The van der Waals surface area contributed by atoms with Gasteiger partial charge in [-0.05, 0) is 40.5 Å². The van der Waals surface area contributed by atoms with Crippen LogP contribution >= 0.6 is 15.9 Å². The molecule has 0 saturated carbocycles. The van der Waals surface area contributed by atoms with Crippen LogP contribution in [0.2, 0.25) is 0 Å². The van der Waals surface area contributed by atoms with Gasteiger partial charge in [-0.2, -0.15) is 0 Å². The Bertz CT molecular complexity index is 605. The SMILES string of the molecule is COc1ccc(Cn2c(C)ncc(Br)c2=O)cc1. The number of ether oxygens (including phenoxy) is 1. The third-order valence-electron chi connectivity index (χ3n) is 2.70. The average molecular weight is 309 g/mol. The van der Waals surface area contributed by atoms with Crippen LogP contribution in [0, 0.1) is 6.92 Å². The van der Waals surface area contributed by atoms with Crippen molar-refractivity contribution >= 4 is 15.9 Å². The van der Waals surface area contributed by atoms with Crippen molar-refractivity contribution in [2.24, 2.45) is 0 Å². The second-order valence-electron chi connectivity index (χ2n) is 3.89. The van der Waals surface area contributed by atoms with Gasteiger partial charge < -0.3 is 4.74 Å². The standard InChI is InChI=1S/C13H13BrN2O2/c1-9-15-7-12(14)13(17)16(9)8-10-3-5-11(18-2)6-4-10/h3-7H,8H2,1-2H3. The molecule has 0 amide bonds. The molecule has 4 nitrogen and oxygen atoms in total. The first-order valence-electron chi connectivity index (χ1n) is 5.46. The van der Waals surface area contributed by atoms with Gasteiger partial charge in [0.25, 0.3) is 5.56 Å². The van der Waals surface area contributed by atoms with Crippen LogP contribution in [0.1, 0.15) is 11.4 Å². The lowest BCUT2D eigenvalue weighted by Gasteiger charge is -2.09. The molecular formula is C13H13BrN2O2. The van der Waals surface area contributed by atoms with Crippen LogP contribution in [-0.4, -0.2) is 16.7 Å². The Morgan fingerprint density at radius 1 is 1.33 bits per heavy atom. The third-order valence-corrected chi connectivity index (χ3v) is 3.25. The first-order chi connectivity index (χ1) is 8.61. The van der Waals surface area contributed by atoms with E-state index in [9.17, 15) is 4.79 Å². The third kappa shape index (κ3) is 2.61. The Kier molecular flexibility index (Phi) is 3.81. The van der Waals surface area contributed by atoms with Crippen molar-refractivity contribution in [3.63, 3.8) is 0 Å². The minimum atomic E-state index is -0.0710. The van der Waals surface area contributed by atoms with Crippen molar-refractivity contribution in [3.05, 3.63) is 56.7 Å². The number of benzene rings is 1. The Hall–Kier alpha value is -1.62. The van der Waals surface area contributed by atoms with Crippen molar-refractivity contribution in [2.45, 2.75) is 13.5 Å². The molecule has 0 aliphatic carbocycles.